The molecule has 2 aliphatic rings. The Morgan fingerprint density at radius 2 is 1.67 bits per heavy atom. The number of piperidine rings is 1. The zero-order valence-corrected chi connectivity index (χ0v) is 20.7. The number of hydrogen-bond donors (Lipinski definition) is 1. The van der Waals surface area contributed by atoms with Gasteiger partial charge in [0.25, 0.3) is 0 Å². The van der Waals surface area contributed by atoms with Crippen LogP contribution in [0.3, 0.4) is 0 Å². The lowest BCUT2D eigenvalue weighted by atomic mass is 9.79. The highest BCUT2D eigenvalue weighted by Gasteiger charge is 2.23. The predicted octanol–water partition coefficient (Wildman–Crippen LogP) is 6.46. The van der Waals surface area contributed by atoms with E-state index in [0.717, 1.165) is 36.3 Å². The summed E-state index contributed by atoms with van der Waals surface area (Å²) in [4.78, 5) is 2.70. The lowest BCUT2D eigenvalue weighted by Crippen LogP contribution is -2.35. The number of likely N-dealkylation sites (tertiary alicyclic amines) is 1. The van der Waals surface area contributed by atoms with Crippen LogP contribution in [0.15, 0.2) is 22.7 Å². The van der Waals surface area contributed by atoms with Gasteiger partial charge in [-0.25, -0.2) is 0 Å². The van der Waals surface area contributed by atoms with Gasteiger partial charge in [-0.15, -0.1) is 0 Å². The van der Waals surface area contributed by atoms with E-state index < -0.39 is 0 Å². The molecule has 0 amide bonds. The minimum Gasteiger partial charge on any atom is -0.491 e. The molecule has 1 aliphatic carbocycles. The summed E-state index contributed by atoms with van der Waals surface area (Å²) in [5, 5.41) is 9.11. The van der Waals surface area contributed by atoms with Gasteiger partial charge in [0.05, 0.1) is 6.10 Å². The standard InChI is InChI=1S/C26H42BrNO2/c1-20(2)30-25-9-10-26(27)24(19-25)18-23-11-15-28(16-12-23)14-3-4-21-5-7-22(8-6-21)13-17-29/h9-10,19-23,29H,3-8,11-18H2,1-2H3. The lowest BCUT2D eigenvalue weighted by Gasteiger charge is -2.33. The van der Waals surface area contributed by atoms with E-state index in [2.05, 4.69) is 52.9 Å². The summed E-state index contributed by atoms with van der Waals surface area (Å²) >= 11 is 3.74. The van der Waals surface area contributed by atoms with Crippen molar-refractivity contribution in [3.05, 3.63) is 28.2 Å². The zero-order valence-electron chi connectivity index (χ0n) is 19.1. The fourth-order valence-corrected chi connectivity index (χ4v) is 5.78. The van der Waals surface area contributed by atoms with Gasteiger partial charge in [-0.05, 0) is 114 Å². The van der Waals surface area contributed by atoms with Crippen LogP contribution in [0.2, 0.25) is 0 Å². The Bertz CT molecular complexity index is 619. The Labute approximate surface area is 192 Å². The summed E-state index contributed by atoms with van der Waals surface area (Å²) in [7, 11) is 0. The topological polar surface area (TPSA) is 32.7 Å². The highest BCUT2D eigenvalue weighted by Crippen LogP contribution is 2.33. The Morgan fingerprint density at radius 3 is 2.30 bits per heavy atom. The molecule has 1 heterocycles. The summed E-state index contributed by atoms with van der Waals surface area (Å²) in [6, 6.07) is 6.43. The average molecular weight is 481 g/mol. The molecule has 1 saturated carbocycles. The van der Waals surface area contributed by atoms with Gasteiger partial charge in [-0.1, -0.05) is 41.6 Å². The summed E-state index contributed by atoms with van der Waals surface area (Å²) in [6.07, 6.45) is 13.3. The molecule has 3 nitrogen and oxygen atoms in total. The van der Waals surface area contributed by atoms with E-state index in [1.165, 1.54) is 81.0 Å². The fourth-order valence-electron chi connectivity index (χ4n) is 5.37. The summed E-state index contributed by atoms with van der Waals surface area (Å²) in [5.41, 5.74) is 1.39. The number of aliphatic hydroxyl groups is 1. The van der Waals surface area contributed by atoms with Crippen molar-refractivity contribution in [1.82, 2.24) is 4.90 Å². The van der Waals surface area contributed by atoms with Gasteiger partial charge in [0.15, 0.2) is 0 Å². The minimum absolute atomic E-state index is 0.220. The third kappa shape index (κ3) is 7.84. The van der Waals surface area contributed by atoms with Crippen molar-refractivity contribution in [2.45, 2.75) is 84.2 Å². The SMILES string of the molecule is CC(C)Oc1ccc(Br)c(CC2CCN(CCCC3CCC(CCO)CC3)CC2)c1. The van der Waals surface area contributed by atoms with Gasteiger partial charge in [-0.2, -0.15) is 0 Å². The van der Waals surface area contributed by atoms with Crippen molar-refractivity contribution in [3.63, 3.8) is 0 Å². The van der Waals surface area contributed by atoms with Crippen molar-refractivity contribution in [3.8, 4) is 5.75 Å². The maximum Gasteiger partial charge on any atom is 0.120 e. The van der Waals surface area contributed by atoms with Crippen molar-refractivity contribution >= 4 is 15.9 Å². The highest BCUT2D eigenvalue weighted by atomic mass is 79.9. The molecule has 1 aliphatic heterocycles. The van der Waals surface area contributed by atoms with Gasteiger partial charge < -0.3 is 14.7 Å². The molecule has 4 heteroatoms. The number of benzene rings is 1. The summed E-state index contributed by atoms with van der Waals surface area (Å²) in [5.74, 6) is 3.51. The molecule has 0 bridgehead atoms. The van der Waals surface area contributed by atoms with Gasteiger partial charge in [0.1, 0.15) is 5.75 Å². The van der Waals surface area contributed by atoms with Crippen LogP contribution < -0.4 is 4.74 Å². The number of hydrogen-bond acceptors (Lipinski definition) is 3. The first kappa shape index (κ1) is 24.1. The smallest absolute Gasteiger partial charge is 0.120 e. The van der Waals surface area contributed by atoms with E-state index in [0.29, 0.717) is 6.61 Å². The van der Waals surface area contributed by atoms with Crippen LogP contribution in [0, 0.1) is 17.8 Å². The van der Waals surface area contributed by atoms with E-state index in [4.69, 9.17) is 9.84 Å². The van der Waals surface area contributed by atoms with Gasteiger partial charge in [-0.3, -0.25) is 0 Å². The Hall–Kier alpha value is -0.580. The molecule has 1 saturated heterocycles. The van der Waals surface area contributed by atoms with Crippen LogP contribution in [0.5, 0.6) is 5.75 Å². The van der Waals surface area contributed by atoms with Gasteiger partial charge in [0, 0.05) is 11.1 Å². The number of rotatable bonds is 10. The molecule has 2 fully saturated rings. The molecule has 1 aromatic carbocycles. The average Bonchev–Trinajstić information content (AvgIpc) is 2.73. The van der Waals surface area contributed by atoms with Crippen LogP contribution in [0.25, 0.3) is 0 Å². The lowest BCUT2D eigenvalue weighted by molar-refractivity contribution is 0.168. The Kier molecular flexibility index (Phi) is 9.99. The Morgan fingerprint density at radius 1 is 1.00 bits per heavy atom. The number of aliphatic hydroxyl groups excluding tert-OH is 1. The first-order valence-corrected chi connectivity index (χ1v) is 13.1. The molecule has 0 spiro atoms. The fraction of sp³-hybridized carbons (Fsp3) is 0.769. The van der Waals surface area contributed by atoms with Crippen LogP contribution in [0.4, 0.5) is 0 Å². The van der Waals surface area contributed by atoms with Crippen molar-refractivity contribution in [1.29, 1.82) is 0 Å². The molecule has 1 N–H and O–H groups in total. The van der Waals surface area contributed by atoms with Crippen molar-refractivity contribution in [2.24, 2.45) is 17.8 Å². The molecular weight excluding hydrogens is 438 g/mol. The van der Waals surface area contributed by atoms with Crippen LogP contribution in [0.1, 0.15) is 77.2 Å². The van der Waals surface area contributed by atoms with Crippen LogP contribution >= 0.6 is 15.9 Å². The maximum absolute atomic E-state index is 9.11. The third-order valence-electron chi connectivity index (χ3n) is 7.20. The van der Waals surface area contributed by atoms with Crippen molar-refractivity contribution < 1.29 is 9.84 Å². The van der Waals surface area contributed by atoms with E-state index in [1.807, 2.05) is 0 Å². The largest absolute Gasteiger partial charge is 0.491 e. The molecule has 0 atom stereocenters. The highest BCUT2D eigenvalue weighted by molar-refractivity contribution is 9.10. The Balaban J connectivity index is 1.33. The number of ether oxygens (including phenoxy) is 1. The maximum atomic E-state index is 9.11. The first-order chi connectivity index (χ1) is 14.5. The van der Waals surface area contributed by atoms with E-state index in [1.54, 1.807) is 0 Å². The zero-order chi connectivity index (χ0) is 21.3. The van der Waals surface area contributed by atoms with Crippen molar-refractivity contribution in [2.75, 3.05) is 26.2 Å². The van der Waals surface area contributed by atoms with Crippen LogP contribution in [-0.4, -0.2) is 42.4 Å². The quantitative estimate of drug-likeness (QED) is 0.417. The molecule has 3 rings (SSSR count). The second-order valence-electron chi connectivity index (χ2n) is 9.95. The van der Waals surface area contributed by atoms with Crippen LogP contribution in [-0.2, 0) is 6.42 Å². The second kappa shape index (κ2) is 12.5. The van der Waals surface area contributed by atoms with E-state index in [9.17, 15) is 0 Å². The third-order valence-corrected chi connectivity index (χ3v) is 7.97. The molecule has 0 aromatic heterocycles. The van der Waals surface area contributed by atoms with E-state index >= 15 is 0 Å². The van der Waals surface area contributed by atoms with Gasteiger partial charge in [0.2, 0.25) is 0 Å². The second-order valence-corrected chi connectivity index (χ2v) is 10.8. The van der Waals surface area contributed by atoms with E-state index in [-0.39, 0.29) is 6.10 Å². The molecule has 0 radical (unpaired) electrons. The molecule has 30 heavy (non-hydrogen) atoms. The monoisotopic (exact) mass is 479 g/mol. The molecular formula is C26H42BrNO2. The van der Waals surface area contributed by atoms with Gasteiger partial charge >= 0.3 is 0 Å². The first-order valence-electron chi connectivity index (χ1n) is 12.3. The molecule has 0 unspecified atom stereocenters. The number of nitrogens with zero attached hydrogens (tertiary/aromatic N) is 1. The normalized spacial score (nSPS) is 23.8. The predicted molar refractivity (Wildman–Crippen MR) is 129 cm³/mol. The minimum atomic E-state index is 0.220. The molecule has 170 valence electrons. The summed E-state index contributed by atoms with van der Waals surface area (Å²) < 4.78 is 7.11. The molecule has 1 aromatic rings. The number of halogens is 1. The summed E-state index contributed by atoms with van der Waals surface area (Å²) in [6.45, 7) is 8.34.